The Morgan fingerprint density at radius 1 is 0.706 bits per heavy atom. The molecular weight excluding hydrogens is 418 g/mol. The summed E-state index contributed by atoms with van der Waals surface area (Å²) in [5.74, 6) is -0.903. The number of carboxylic acid groups (broad SMARTS) is 1. The first-order valence-corrected chi connectivity index (χ1v) is 15.1. The molecule has 0 saturated carbocycles. The standard InChI is InChI=1S/C31H61NO2/c1-6-7-8-9-10-11-12-13-14-15-16-17-18-20-23-30(2,3)26-28(27-31(4,5)29(33)34)32-24-21-19-22-25-32/h28H,6-27H2,1-5H3,(H,33,34)/p-1. The van der Waals surface area contributed by atoms with Gasteiger partial charge in [-0.3, -0.25) is 0 Å². The van der Waals surface area contributed by atoms with E-state index in [1.807, 2.05) is 13.8 Å². The fourth-order valence-electron chi connectivity index (χ4n) is 5.82. The van der Waals surface area contributed by atoms with Crippen molar-refractivity contribution in [1.29, 1.82) is 0 Å². The summed E-state index contributed by atoms with van der Waals surface area (Å²) in [6.45, 7) is 13.0. The molecule has 1 aliphatic heterocycles. The lowest BCUT2D eigenvalue weighted by molar-refractivity contribution is -0.318. The number of rotatable bonds is 21. The second kappa shape index (κ2) is 17.8. The van der Waals surface area contributed by atoms with Crippen molar-refractivity contribution < 1.29 is 9.90 Å². The van der Waals surface area contributed by atoms with Crippen LogP contribution in [0.15, 0.2) is 0 Å². The van der Waals surface area contributed by atoms with Crippen LogP contribution in [0.5, 0.6) is 0 Å². The maximum Gasteiger partial charge on any atom is 0.0471 e. The van der Waals surface area contributed by atoms with Gasteiger partial charge < -0.3 is 14.8 Å². The van der Waals surface area contributed by atoms with Gasteiger partial charge in [0.25, 0.3) is 0 Å². The van der Waals surface area contributed by atoms with Crippen LogP contribution in [0, 0.1) is 10.8 Å². The van der Waals surface area contributed by atoms with Gasteiger partial charge in [0.2, 0.25) is 0 Å². The van der Waals surface area contributed by atoms with Crippen LogP contribution in [0.25, 0.3) is 0 Å². The van der Waals surface area contributed by atoms with Crippen LogP contribution in [-0.2, 0) is 4.79 Å². The van der Waals surface area contributed by atoms with Crippen LogP contribution in [0.4, 0.5) is 0 Å². The molecule has 0 bridgehead atoms. The number of carbonyl (C=O) groups is 1. The molecule has 202 valence electrons. The molecule has 1 unspecified atom stereocenters. The molecule has 0 radical (unpaired) electrons. The largest absolute Gasteiger partial charge is 0.550 e. The van der Waals surface area contributed by atoms with Crippen molar-refractivity contribution in [2.45, 2.75) is 169 Å². The Morgan fingerprint density at radius 2 is 1.15 bits per heavy atom. The molecule has 3 heteroatoms. The van der Waals surface area contributed by atoms with Crippen LogP contribution in [0.2, 0.25) is 0 Å². The highest BCUT2D eigenvalue weighted by Crippen LogP contribution is 2.36. The number of carboxylic acids is 1. The maximum atomic E-state index is 11.7. The minimum absolute atomic E-state index is 0.265. The van der Waals surface area contributed by atoms with E-state index in [0.717, 1.165) is 19.5 Å². The van der Waals surface area contributed by atoms with Gasteiger partial charge in [0.1, 0.15) is 0 Å². The van der Waals surface area contributed by atoms with Crippen LogP contribution < -0.4 is 5.11 Å². The second-order valence-corrected chi connectivity index (χ2v) is 12.8. The van der Waals surface area contributed by atoms with Gasteiger partial charge in [-0.05, 0) is 50.6 Å². The van der Waals surface area contributed by atoms with Gasteiger partial charge >= 0.3 is 0 Å². The Bertz CT molecular complexity index is 508. The fraction of sp³-hybridized carbons (Fsp3) is 0.968. The van der Waals surface area contributed by atoms with Crippen LogP contribution >= 0.6 is 0 Å². The van der Waals surface area contributed by atoms with E-state index in [0.29, 0.717) is 12.5 Å². The molecule has 0 amide bonds. The van der Waals surface area contributed by atoms with E-state index < -0.39 is 11.4 Å². The smallest absolute Gasteiger partial charge is 0.0471 e. The van der Waals surface area contributed by atoms with E-state index in [-0.39, 0.29) is 5.41 Å². The van der Waals surface area contributed by atoms with E-state index in [4.69, 9.17) is 0 Å². The normalized spacial score (nSPS) is 16.6. The third kappa shape index (κ3) is 14.7. The summed E-state index contributed by atoms with van der Waals surface area (Å²) < 4.78 is 0. The summed E-state index contributed by atoms with van der Waals surface area (Å²) in [6.07, 6.45) is 26.5. The average molecular weight is 479 g/mol. The van der Waals surface area contributed by atoms with Crippen molar-refractivity contribution >= 4 is 5.97 Å². The molecule has 0 aromatic carbocycles. The lowest BCUT2D eigenvalue weighted by Gasteiger charge is -2.42. The van der Waals surface area contributed by atoms with Crippen molar-refractivity contribution in [2.24, 2.45) is 10.8 Å². The predicted octanol–water partition coefficient (Wildman–Crippen LogP) is 8.29. The van der Waals surface area contributed by atoms with Crippen molar-refractivity contribution in [3.05, 3.63) is 0 Å². The zero-order valence-corrected chi connectivity index (χ0v) is 23.9. The highest BCUT2D eigenvalue weighted by Gasteiger charge is 2.33. The van der Waals surface area contributed by atoms with E-state index >= 15 is 0 Å². The summed E-state index contributed by atoms with van der Waals surface area (Å²) in [7, 11) is 0. The van der Waals surface area contributed by atoms with Crippen LogP contribution in [0.3, 0.4) is 0 Å². The van der Waals surface area contributed by atoms with Gasteiger partial charge in [0, 0.05) is 17.4 Å². The molecule has 1 saturated heterocycles. The van der Waals surface area contributed by atoms with Crippen molar-refractivity contribution in [3.8, 4) is 0 Å². The third-order valence-electron chi connectivity index (χ3n) is 8.20. The van der Waals surface area contributed by atoms with Crippen molar-refractivity contribution in [2.75, 3.05) is 13.1 Å². The average Bonchev–Trinajstić information content (AvgIpc) is 2.79. The number of likely N-dealkylation sites (tertiary alicyclic amines) is 1. The summed E-state index contributed by atoms with van der Waals surface area (Å²) in [6, 6.07) is 0.356. The molecule has 1 heterocycles. The van der Waals surface area contributed by atoms with Gasteiger partial charge in [-0.15, -0.1) is 0 Å². The molecule has 1 atom stereocenters. The van der Waals surface area contributed by atoms with E-state index in [1.165, 1.54) is 116 Å². The zero-order chi connectivity index (χ0) is 25.3. The molecule has 3 nitrogen and oxygen atoms in total. The first kappa shape index (κ1) is 31.5. The summed E-state index contributed by atoms with van der Waals surface area (Å²) in [5, 5.41) is 11.7. The quantitative estimate of drug-likeness (QED) is 0.156. The van der Waals surface area contributed by atoms with E-state index in [2.05, 4.69) is 25.7 Å². The van der Waals surface area contributed by atoms with Gasteiger partial charge in [-0.2, -0.15) is 0 Å². The van der Waals surface area contributed by atoms with Gasteiger partial charge in [-0.1, -0.05) is 131 Å². The summed E-state index contributed by atoms with van der Waals surface area (Å²) >= 11 is 0. The molecule has 0 spiro atoms. The molecule has 1 aliphatic rings. The minimum Gasteiger partial charge on any atom is -0.550 e. The number of aliphatic carboxylic acids is 1. The van der Waals surface area contributed by atoms with Crippen molar-refractivity contribution in [3.63, 3.8) is 0 Å². The molecule has 34 heavy (non-hydrogen) atoms. The van der Waals surface area contributed by atoms with E-state index in [1.54, 1.807) is 0 Å². The number of nitrogens with zero attached hydrogens (tertiary/aromatic N) is 1. The zero-order valence-electron chi connectivity index (χ0n) is 23.9. The second-order valence-electron chi connectivity index (χ2n) is 12.8. The Balaban J connectivity index is 2.21. The minimum atomic E-state index is -0.903. The van der Waals surface area contributed by atoms with Crippen LogP contribution in [0.1, 0.15) is 163 Å². The molecular formula is C31H60NO2-. The maximum absolute atomic E-state index is 11.7. The lowest BCUT2D eigenvalue weighted by Crippen LogP contribution is -2.47. The highest BCUT2D eigenvalue weighted by atomic mass is 16.4. The molecule has 0 aromatic rings. The summed E-state index contributed by atoms with van der Waals surface area (Å²) in [4.78, 5) is 14.3. The predicted molar refractivity (Wildman–Crippen MR) is 146 cm³/mol. The first-order valence-electron chi connectivity index (χ1n) is 15.1. The van der Waals surface area contributed by atoms with Crippen molar-refractivity contribution in [1.82, 2.24) is 4.90 Å². The molecule has 0 aliphatic carbocycles. The lowest BCUT2D eigenvalue weighted by atomic mass is 9.75. The van der Waals surface area contributed by atoms with E-state index in [9.17, 15) is 9.90 Å². The summed E-state index contributed by atoms with van der Waals surface area (Å²) in [5.41, 5.74) is -0.492. The number of piperidine rings is 1. The monoisotopic (exact) mass is 478 g/mol. The Labute approximate surface area is 213 Å². The number of carbonyl (C=O) groups excluding carboxylic acids is 1. The Kier molecular flexibility index (Phi) is 16.5. The number of hydrogen-bond donors (Lipinski definition) is 0. The molecule has 1 rings (SSSR count). The number of unbranched alkanes of at least 4 members (excludes halogenated alkanes) is 13. The highest BCUT2D eigenvalue weighted by molar-refractivity contribution is 5.71. The molecule has 0 N–H and O–H groups in total. The Morgan fingerprint density at radius 3 is 1.59 bits per heavy atom. The topological polar surface area (TPSA) is 43.4 Å². The number of hydrogen-bond acceptors (Lipinski definition) is 3. The van der Waals surface area contributed by atoms with Gasteiger partial charge in [0.05, 0.1) is 0 Å². The first-order chi connectivity index (χ1) is 16.2. The van der Waals surface area contributed by atoms with Crippen LogP contribution in [-0.4, -0.2) is 30.0 Å². The SMILES string of the molecule is CCCCCCCCCCCCCCCCC(C)(C)CC(CC(C)(C)C(=O)[O-])N1CCCCC1. The van der Waals surface area contributed by atoms with Gasteiger partial charge in [-0.25, -0.2) is 0 Å². The Hall–Kier alpha value is -0.570. The fourth-order valence-corrected chi connectivity index (χ4v) is 5.82. The molecule has 1 fully saturated rings. The van der Waals surface area contributed by atoms with Gasteiger partial charge in [0.15, 0.2) is 0 Å². The molecule has 0 aromatic heterocycles. The third-order valence-corrected chi connectivity index (χ3v) is 8.20.